The molecule has 2 aromatic heterocycles. The molecule has 0 spiro atoms. The van der Waals surface area contributed by atoms with Gasteiger partial charge in [0.2, 0.25) is 0 Å². The second-order valence-corrected chi connectivity index (χ2v) is 9.20. The third-order valence-electron chi connectivity index (χ3n) is 6.95. The van der Waals surface area contributed by atoms with Gasteiger partial charge in [-0.25, -0.2) is 9.97 Å². The number of aromatic nitrogens is 4. The van der Waals surface area contributed by atoms with E-state index in [1.165, 1.54) is 16.8 Å². The summed E-state index contributed by atoms with van der Waals surface area (Å²) in [5.41, 5.74) is 5.85. The quantitative estimate of drug-likeness (QED) is 0.446. The molecule has 3 aromatic rings. The highest BCUT2D eigenvalue weighted by molar-refractivity contribution is 6.31. The third-order valence-corrected chi connectivity index (χ3v) is 7.16. The van der Waals surface area contributed by atoms with Crippen LogP contribution in [0.2, 0.25) is 5.02 Å². The van der Waals surface area contributed by atoms with Gasteiger partial charge in [0, 0.05) is 42.6 Å². The summed E-state index contributed by atoms with van der Waals surface area (Å²) in [6.07, 6.45) is 4.73. The zero-order valence-electron chi connectivity index (χ0n) is 20.8. The minimum atomic E-state index is 0. The molecule has 0 radical (unpaired) electrons. The Hall–Kier alpha value is -2.09. The van der Waals surface area contributed by atoms with Crippen molar-refractivity contribution < 1.29 is 0 Å². The second-order valence-electron chi connectivity index (χ2n) is 8.77. The summed E-state index contributed by atoms with van der Waals surface area (Å²) in [5, 5.41) is 9.37. The van der Waals surface area contributed by atoms with Gasteiger partial charge in [-0.2, -0.15) is 5.10 Å². The summed E-state index contributed by atoms with van der Waals surface area (Å²) in [7, 11) is 0. The lowest BCUT2D eigenvalue weighted by Crippen LogP contribution is -2.47. The molecule has 1 aromatic carbocycles. The normalized spacial score (nSPS) is 14.2. The molecule has 0 atom stereocenters. The van der Waals surface area contributed by atoms with Crippen molar-refractivity contribution in [3.63, 3.8) is 0 Å². The van der Waals surface area contributed by atoms with Crippen molar-refractivity contribution in [2.75, 3.05) is 55.6 Å². The monoisotopic (exact) mass is 505 g/mol. The van der Waals surface area contributed by atoms with Crippen LogP contribution in [-0.4, -0.2) is 70.9 Å². The number of anilines is 2. The van der Waals surface area contributed by atoms with E-state index < -0.39 is 0 Å². The van der Waals surface area contributed by atoms with Gasteiger partial charge in [-0.3, -0.25) is 5.10 Å². The van der Waals surface area contributed by atoms with Gasteiger partial charge in [0.25, 0.3) is 0 Å². The molecule has 0 bridgehead atoms. The largest absolute Gasteiger partial charge is 0.368 e. The first-order valence-electron chi connectivity index (χ1n) is 12.2. The fourth-order valence-electron chi connectivity index (χ4n) is 4.89. The van der Waals surface area contributed by atoms with E-state index in [2.05, 4.69) is 74.7 Å². The van der Waals surface area contributed by atoms with Crippen LogP contribution in [0.15, 0.2) is 18.5 Å². The van der Waals surface area contributed by atoms with E-state index in [1.807, 2.05) is 0 Å². The molecular formula is C25H37Cl2N7. The van der Waals surface area contributed by atoms with Crippen LogP contribution < -0.4 is 9.80 Å². The number of aromatic amines is 1. The Morgan fingerprint density at radius 3 is 2.41 bits per heavy atom. The van der Waals surface area contributed by atoms with Crippen molar-refractivity contribution in [2.24, 2.45) is 0 Å². The van der Waals surface area contributed by atoms with Crippen LogP contribution in [0.25, 0.3) is 11.0 Å². The predicted octanol–water partition coefficient (Wildman–Crippen LogP) is 4.90. The molecule has 0 amide bonds. The number of rotatable bonds is 9. The highest BCUT2D eigenvalue weighted by Crippen LogP contribution is 2.31. The SMILES string of the molecule is CCc1[nH]nc2ncnc(N3CCN(c4cc(Cl)cc(CCCN(CC)CC)c4C)CC3)c12.Cl. The first-order valence-corrected chi connectivity index (χ1v) is 12.6. The fraction of sp³-hybridized carbons (Fsp3) is 0.560. The maximum absolute atomic E-state index is 6.57. The maximum atomic E-state index is 6.57. The maximum Gasteiger partial charge on any atom is 0.186 e. The Morgan fingerprint density at radius 1 is 1.03 bits per heavy atom. The van der Waals surface area contributed by atoms with E-state index in [0.717, 1.165) is 92.6 Å². The molecule has 34 heavy (non-hydrogen) atoms. The Labute approximate surface area is 214 Å². The van der Waals surface area contributed by atoms with E-state index in [4.69, 9.17) is 11.6 Å². The Kier molecular flexibility index (Phi) is 9.39. The highest BCUT2D eigenvalue weighted by Gasteiger charge is 2.24. The van der Waals surface area contributed by atoms with Crippen molar-refractivity contribution in [3.05, 3.63) is 40.3 Å². The summed E-state index contributed by atoms with van der Waals surface area (Å²) >= 11 is 6.57. The van der Waals surface area contributed by atoms with Crippen molar-refractivity contribution in [3.8, 4) is 0 Å². The van der Waals surface area contributed by atoms with Gasteiger partial charge in [0.05, 0.1) is 5.39 Å². The van der Waals surface area contributed by atoms with E-state index in [1.54, 1.807) is 6.33 Å². The number of hydrogen-bond donors (Lipinski definition) is 1. The summed E-state index contributed by atoms with van der Waals surface area (Å²) in [6, 6.07) is 4.29. The topological polar surface area (TPSA) is 64.2 Å². The zero-order chi connectivity index (χ0) is 23.4. The molecule has 0 saturated carbocycles. The molecular weight excluding hydrogens is 469 g/mol. The molecule has 1 aliphatic heterocycles. The number of piperazine rings is 1. The Morgan fingerprint density at radius 2 is 1.74 bits per heavy atom. The smallest absolute Gasteiger partial charge is 0.186 e. The van der Waals surface area contributed by atoms with Crippen LogP contribution >= 0.6 is 24.0 Å². The first-order chi connectivity index (χ1) is 16.0. The van der Waals surface area contributed by atoms with E-state index >= 15 is 0 Å². The van der Waals surface area contributed by atoms with Crippen molar-refractivity contribution in [1.29, 1.82) is 0 Å². The number of benzene rings is 1. The number of aryl methyl sites for hydroxylation is 2. The van der Waals surface area contributed by atoms with Crippen LogP contribution in [-0.2, 0) is 12.8 Å². The number of H-pyrrole nitrogens is 1. The van der Waals surface area contributed by atoms with Crippen LogP contribution in [0.1, 0.15) is 44.0 Å². The molecule has 9 heteroatoms. The molecule has 3 heterocycles. The minimum absolute atomic E-state index is 0. The van der Waals surface area contributed by atoms with E-state index in [-0.39, 0.29) is 12.4 Å². The molecule has 0 aliphatic carbocycles. The minimum Gasteiger partial charge on any atom is -0.368 e. The van der Waals surface area contributed by atoms with Crippen LogP contribution in [0.5, 0.6) is 0 Å². The van der Waals surface area contributed by atoms with Gasteiger partial charge in [-0.05, 0) is 69.1 Å². The summed E-state index contributed by atoms with van der Waals surface area (Å²) in [5.74, 6) is 0.991. The van der Waals surface area contributed by atoms with Gasteiger partial charge in [-0.15, -0.1) is 12.4 Å². The molecule has 1 aliphatic rings. The van der Waals surface area contributed by atoms with Crippen LogP contribution in [0.3, 0.4) is 0 Å². The molecule has 1 fully saturated rings. The average Bonchev–Trinajstić information content (AvgIpc) is 3.27. The molecule has 4 rings (SSSR count). The Balaban J connectivity index is 0.00000324. The number of nitrogens with zero attached hydrogens (tertiary/aromatic N) is 6. The highest BCUT2D eigenvalue weighted by atomic mass is 35.5. The van der Waals surface area contributed by atoms with Gasteiger partial charge in [-0.1, -0.05) is 32.4 Å². The standard InChI is InChI=1S/C25H36ClN7.ClH/c1-5-21-23-24(30-29-21)27-17-28-25(23)33-13-11-32(12-14-33)22-16-20(26)15-19(18(22)4)9-8-10-31(6-2)7-3;/h15-17H,5-14H2,1-4H3,(H,27,28,29,30);1H. The summed E-state index contributed by atoms with van der Waals surface area (Å²) < 4.78 is 0. The third kappa shape index (κ3) is 5.58. The number of halogens is 2. The lowest BCUT2D eigenvalue weighted by atomic mass is 10.0. The fourth-order valence-corrected chi connectivity index (χ4v) is 5.13. The zero-order valence-corrected chi connectivity index (χ0v) is 22.3. The van der Waals surface area contributed by atoms with Crippen molar-refractivity contribution >= 4 is 46.5 Å². The van der Waals surface area contributed by atoms with Crippen molar-refractivity contribution in [2.45, 2.75) is 47.0 Å². The summed E-state index contributed by atoms with van der Waals surface area (Å²) in [6.45, 7) is 15.9. The van der Waals surface area contributed by atoms with Crippen LogP contribution in [0.4, 0.5) is 11.5 Å². The van der Waals surface area contributed by atoms with E-state index in [0.29, 0.717) is 0 Å². The lowest BCUT2D eigenvalue weighted by Gasteiger charge is -2.38. The summed E-state index contributed by atoms with van der Waals surface area (Å²) in [4.78, 5) is 16.3. The van der Waals surface area contributed by atoms with Gasteiger partial charge >= 0.3 is 0 Å². The molecule has 186 valence electrons. The number of hydrogen-bond acceptors (Lipinski definition) is 6. The first kappa shape index (κ1) is 26.5. The van der Waals surface area contributed by atoms with Crippen LogP contribution in [0, 0.1) is 6.92 Å². The van der Waals surface area contributed by atoms with Gasteiger partial charge in [0.1, 0.15) is 12.1 Å². The molecule has 1 saturated heterocycles. The Bertz CT molecular complexity index is 1070. The predicted molar refractivity (Wildman–Crippen MR) is 145 cm³/mol. The average molecular weight is 507 g/mol. The number of nitrogens with one attached hydrogen (secondary N) is 1. The number of fused-ring (bicyclic) bond motifs is 1. The van der Waals surface area contributed by atoms with Gasteiger partial charge in [0.15, 0.2) is 5.65 Å². The van der Waals surface area contributed by atoms with Gasteiger partial charge < -0.3 is 14.7 Å². The van der Waals surface area contributed by atoms with E-state index in [9.17, 15) is 0 Å². The molecule has 0 unspecified atom stereocenters. The molecule has 7 nitrogen and oxygen atoms in total. The molecule has 1 N–H and O–H groups in total. The lowest BCUT2D eigenvalue weighted by molar-refractivity contribution is 0.300. The second kappa shape index (κ2) is 12.0. The van der Waals surface area contributed by atoms with Crippen molar-refractivity contribution in [1.82, 2.24) is 25.1 Å².